The van der Waals surface area contributed by atoms with E-state index in [1.165, 1.54) is 47.6 Å². The Bertz CT molecular complexity index is 682. The van der Waals surface area contributed by atoms with E-state index in [0.717, 1.165) is 11.0 Å². The van der Waals surface area contributed by atoms with Gasteiger partial charge in [-0.3, -0.25) is 9.97 Å². The lowest BCUT2D eigenvalue weighted by Crippen LogP contribution is -2.05. The minimum Gasteiger partial charge on any atom is -0.254 e. The van der Waals surface area contributed by atoms with Crippen LogP contribution in [0.5, 0.6) is 0 Å². The quantitative estimate of drug-likeness (QED) is 0.555. The maximum Gasteiger partial charge on any atom is 0.0967 e. The van der Waals surface area contributed by atoms with Crippen LogP contribution in [0.1, 0.15) is 24.0 Å². The lowest BCUT2D eigenvalue weighted by atomic mass is 9.86. The highest BCUT2D eigenvalue weighted by molar-refractivity contribution is 6.06. The summed E-state index contributed by atoms with van der Waals surface area (Å²) in [5, 5.41) is 2.61. The van der Waals surface area contributed by atoms with E-state index < -0.39 is 0 Å². The van der Waals surface area contributed by atoms with Gasteiger partial charge >= 0.3 is 0 Å². The van der Waals surface area contributed by atoms with Gasteiger partial charge in [-0.05, 0) is 48.9 Å². The zero-order valence-corrected chi connectivity index (χ0v) is 10.2. The van der Waals surface area contributed by atoms with Gasteiger partial charge in [0.05, 0.1) is 11.0 Å². The van der Waals surface area contributed by atoms with Crippen LogP contribution in [0.15, 0.2) is 36.7 Å². The molecule has 0 radical (unpaired) electrons. The van der Waals surface area contributed by atoms with Crippen LogP contribution in [-0.2, 0) is 12.8 Å². The lowest BCUT2D eigenvalue weighted by molar-refractivity contribution is 0.694. The molecule has 1 aliphatic rings. The highest BCUT2D eigenvalue weighted by atomic mass is 14.7. The number of nitrogens with zero attached hydrogens (tertiary/aromatic N) is 2. The van der Waals surface area contributed by atoms with Crippen molar-refractivity contribution in [3.05, 3.63) is 47.8 Å². The van der Waals surface area contributed by atoms with Gasteiger partial charge in [0.15, 0.2) is 0 Å². The Labute approximate surface area is 106 Å². The van der Waals surface area contributed by atoms with Crippen LogP contribution < -0.4 is 0 Å². The average molecular weight is 234 g/mol. The number of hydrogen-bond donors (Lipinski definition) is 0. The molecule has 2 heterocycles. The van der Waals surface area contributed by atoms with Crippen molar-refractivity contribution in [2.75, 3.05) is 0 Å². The largest absolute Gasteiger partial charge is 0.254 e. The van der Waals surface area contributed by atoms with Crippen molar-refractivity contribution in [1.82, 2.24) is 9.97 Å². The molecule has 0 aliphatic heterocycles. The number of aromatic nitrogens is 2. The highest BCUT2D eigenvalue weighted by Gasteiger charge is 2.17. The van der Waals surface area contributed by atoms with Crippen LogP contribution in [0.4, 0.5) is 0 Å². The zero-order chi connectivity index (χ0) is 11.9. The van der Waals surface area contributed by atoms with Crippen LogP contribution in [0, 0.1) is 0 Å². The third-order valence-corrected chi connectivity index (χ3v) is 3.96. The van der Waals surface area contributed by atoms with E-state index in [0.29, 0.717) is 0 Å². The summed E-state index contributed by atoms with van der Waals surface area (Å²) in [5.74, 6) is 0. The molecule has 2 aromatic heterocycles. The molecule has 18 heavy (non-hydrogen) atoms. The fourth-order valence-electron chi connectivity index (χ4n) is 3.17. The Morgan fingerprint density at radius 2 is 1.22 bits per heavy atom. The van der Waals surface area contributed by atoms with Gasteiger partial charge in [-0.25, -0.2) is 0 Å². The highest BCUT2D eigenvalue weighted by Crippen LogP contribution is 2.34. The van der Waals surface area contributed by atoms with Crippen molar-refractivity contribution in [3.8, 4) is 0 Å². The van der Waals surface area contributed by atoms with E-state index in [1.54, 1.807) is 0 Å². The van der Waals surface area contributed by atoms with E-state index in [4.69, 9.17) is 0 Å². The van der Waals surface area contributed by atoms with Crippen LogP contribution in [-0.4, -0.2) is 9.97 Å². The summed E-state index contributed by atoms with van der Waals surface area (Å²) in [7, 11) is 0. The summed E-state index contributed by atoms with van der Waals surface area (Å²) in [4.78, 5) is 9.11. The normalized spacial score (nSPS) is 14.9. The second-order valence-corrected chi connectivity index (χ2v) is 4.96. The number of benzene rings is 1. The minimum atomic E-state index is 1.06. The van der Waals surface area contributed by atoms with Gasteiger partial charge in [-0.1, -0.05) is 12.1 Å². The molecule has 0 unspecified atom stereocenters. The maximum absolute atomic E-state index is 4.55. The molecule has 0 N–H and O–H groups in total. The summed E-state index contributed by atoms with van der Waals surface area (Å²) in [6, 6.07) is 8.46. The minimum absolute atomic E-state index is 1.06. The molecule has 2 heteroatoms. The monoisotopic (exact) mass is 234 g/mol. The van der Waals surface area contributed by atoms with Gasteiger partial charge in [0.2, 0.25) is 0 Å². The van der Waals surface area contributed by atoms with E-state index in [-0.39, 0.29) is 0 Å². The predicted molar refractivity (Wildman–Crippen MR) is 73.7 cm³/mol. The van der Waals surface area contributed by atoms with Crippen molar-refractivity contribution >= 4 is 21.8 Å². The molecule has 0 bridgehead atoms. The first kappa shape index (κ1) is 10.0. The van der Waals surface area contributed by atoms with Gasteiger partial charge < -0.3 is 0 Å². The number of hydrogen-bond acceptors (Lipinski definition) is 2. The van der Waals surface area contributed by atoms with Crippen molar-refractivity contribution in [1.29, 1.82) is 0 Å². The number of aryl methyl sites for hydroxylation is 2. The molecule has 88 valence electrons. The number of pyridine rings is 2. The standard InChI is InChI=1S/C16H14N2/c1-2-6-12-11(5-1)13-7-3-9-17-15(13)16-14(12)8-4-10-18-16/h3-4,7-10H,1-2,5-6H2. The summed E-state index contributed by atoms with van der Waals surface area (Å²) in [6.07, 6.45) is 8.69. The number of rotatable bonds is 0. The van der Waals surface area contributed by atoms with Crippen molar-refractivity contribution in [3.63, 3.8) is 0 Å². The molecule has 0 atom stereocenters. The second-order valence-electron chi connectivity index (χ2n) is 4.96. The summed E-state index contributed by atoms with van der Waals surface area (Å²) < 4.78 is 0. The Hall–Kier alpha value is -1.96. The molecule has 2 nitrogen and oxygen atoms in total. The van der Waals surface area contributed by atoms with Gasteiger partial charge in [-0.2, -0.15) is 0 Å². The summed E-state index contributed by atoms with van der Waals surface area (Å²) in [6.45, 7) is 0. The molecule has 4 rings (SSSR count). The average Bonchev–Trinajstić information content (AvgIpc) is 2.48. The molecule has 0 fully saturated rings. The van der Waals surface area contributed by atoms with Gasteiger partial charge in [0.1, 0.15) is 0 Å². The maximum atomic E-state index is 4.55. The molecule has 0 saturated heterocycles. The molecule has 3 aromatic rings. The van der Waals surface area contributed by atoms with Gasteiger partial charge in [0.25, 0.3) is 0 Å². The zero-order valence-electron chi connectivity index (χ0n) is 10.2. The number of fused-ring (bicyclic) bond motifs is 6. The fraction of sp³-hybridized carbons (Fsp3) is 0.250. The smallest absolute Gasteiger partial charge is 0.0967 e. The molecule has 0 amide bonds. The Morgan fingerprint density at radius 1 is 0.722 bits per heavy atom. The van der Waals surface area contributed by atoms with Crippen LogP contribution in [0.25, 0.3) is 21.8 Å². The fourth-order valence-corrected chi connectivity index (χ4v) is 3.17. The van der Waals surface area contributed by atoms with Crippen molar-refractivity contribution in [2.45, 2.75) is 25.7 Å². The molecular weight excluding hydrogens is 220 g/mol. The Balaban J connectivity index is 2.28. The predicted octanol–water partition coefficient (Wildman–Crippen LogP) is 3.66. The van der Waals surface area contributed by atoms with Crippen LogP contribution in [0.3, 0.4) is 0 Å². The summed E-state index contributed by atoms with van der Waals surface area (Å²) >= 11 is 0. The molecule has 1 aliphatic carbocycles. The van der Waals surface area contributed by atoms with Gasteiger partial charge in [0, 0.05) is 23.2 Å². The first-order valence-electron chi connectivity index (χ1n) is 6.58. The van der Waals surface area contributed by atoms with Crippen molar-refractivity contribution < 1.29 is 0 Å². The van der Waals surface area contributed by atoms with Gasteiger partial charge in [-0.15, -0.1) is 0 Å². The van der Waals surface area contributed by atoms with Crippen LogP contribution in [0.2, 0.25) is 0 Å². The lowest BCUT2D eigenvalue weighted by Gasteiger charge is -2.20. The molecule has 1 aromatic carbocycles. The first-order valence-corrected chi connectivity index (χ1v) is 6.58. The third-order valence-electron chi connectivity index (χ3n) is 3.96. The molecular formula is C16H14N2. The Kier molecular flexibility index (Phi) is 2.10. The van der Waals surface area contributed by atoms with E-state index in [2.05, 4.69) is 22.1 Å². The first-order chi connectivity index (χ1) is 8.95. The van der Waals surface area contributed by atoms with E-state index >= 15 is 0 Å². The third kappa shape index (κ3) is 1.29. The van der Waals surface area contributed by atoms with Crippen LogP contribution >= 0.6 is 0 Å². The van der Waals surface area contributed by atoms with Crippen molar-refractivity contribution in [2.24, 2.45) is 0 Å². The topological polar surface area (TPSA) is 25.8 Å². The second kappa shape index (κ2) is 3.77. The molecule has 0 saturated carbocycles. The summed E-state index contributed by atoms with van der Waals surface area (Å²) in [5.41, 5.74) is 5.14. The van der Waals surface area contributed by atoms with E-state index in [1.807, 2.05) is 24.5 Å². The Morgan fingerprint density at radius 3 is 1.72 bits per heavy atom. The molecule has 0 spiro atoms. The SMILES string of the molecule is c1cnc2c(c1)c1c(c3cccnc32)CCCC1. The van der Waals surface area contributed by atoms with E-state index in [9.17, 15) is 0 Å².